The van der Waals surface area contributed by atoms with Gasteiger partial charge in [0.05, 0.1) is 6.10 Å². The number of hydrogen-bond donors (Lipinski definition) is 1. The van der Waals surface area contributed by atoms with Crippen LogP contribution >= 0.6 is 0 Å². The van der Waals surface area contributed by atoms with E-state index in [0.29, 0.717) is 5.92 Å². The lowest BCUT2D eigenvalue weighted by Gasteiger charge is -2.35. The Balaban J connectivity index is 2.35. The van der Waals surface area contributed by atoms with Crippen LogP contribution in [0, 0.1) is 17.8 Å². The highest BCUT2D eigenvalue weighted by Gasteiger charge is 2.29. The fraction of sp³-hybridized carbons (Fsp3) is 0.857. The third kappa shape index (κ3) is 3.98. The van der Waals surface area contributed by atoms with E-state index in [2.05, 4.69) is 20.4 Å². The van der Waals surface area contributed by atoms with Crippen molar-refractivity contribution in [1.29, 1.82) is 0 Å². The molecule has 0 aromatic rings. The van der Waals surface area contributed by atoms with Gasteiger partial charge in [-0.3, -0.25) is 0 Å². The van der Waals surface area contributed by atoms with Gasteiger partial charge >= 0.3 is 0 Å². The van der Waals surface area contributed by atoms with Gasteiger partial charge < -0.3 is 5.11 Å². The third-order valence-electron chi connectivity index (χ3n) is 3.91. The molecular weight excluding hydrogens is 184 g/mol. The minimum atomic E-state index is -0.0372. The topological polar surface area (TPSA) is 20.2 Å². The van der Waals surface area contributed by atoms with Crippen LogP contribution in [0.25, 0.3) is 0 Å². The summed E-state index contributed by atoms with van der Waals surface area (Å²) in [4.78, 5) is 0. The summed E-state index contributed by atoms with van der Waals surface area (Å²) in [6.07, 6.45) is 8.87. The number of hydrogen-bond acceptors (Lipinski definition) is 1. The van der Waals surface area contributed by atoms with E-state index < -0.39 is 0 Å². The van der Waals surface area contributed by atoms with E-state index in [9.17, 15) is 5.11 Å². The normalized spacial score (nSPS) is 31.9. The second-order valence-corrected chi connectivity index (χ2v) is 5.36. The Bertz CT molecular complexity index is 186. The lowest BCUT2D eigenvalue weighted by molar-refractivity contribution is 0.0328. The molecular formula is C14H26O. The van der Waals surface area contributed by atoms with Crippen molar-refractivity contribution in [3.8, 4) is 0 Å². The molecule has 3 atom stereocenters. The Kier molecular flexibility index (Phi) is 5.38. The van der Waals surface area contributed by atoms with Gasteiger partial charge in [-0.25, -0.2) is 0 Å². The van der Waals surface area contributed by atoms with E-state index in [4.69, 9.17) is 0 Å². The zero-order valence-electron chi connectivity index (χ0n) is 10.3. The highest BCUT2D eigenvalue weighted by atomic mass is 16.3. The SMILES string of the molecule is C=CCCCC1CC(C(C)C)CCC1O. The molecule has 1 heteroatoms. The summed E-state index contributed by atoms with van der Waals surface area (Å²) in [7, 11) is 0. The van der Waals surface area contributed by atoms with E-state index in [1.807, 2.05) is 6.08 Å². The Labute approximate surface area is 94.6 Å². The van der Waals surface area contributed by atoms with E-state index in [-0.39, 0.29) is 6.10 Å². The van der Waals surface area contributed by atoms with Crippen LogP contribution < -0.4 is 0 Å². The monoisotopic (exact) mass is 210 g/mol. The van der Waals surface area contributed by atoms with Crippen LogP contribution in [-0.4, -0.2) is 11.2 Å². The maximum atomic E-state index is 9.94. The summed E-state index contributed by atoms with van der Waals surface area (Å²) < 4.78 is 0. The van der Waals surface area contributed by atoms with Gasteiger partial charge in [-0.1, -0.05) is 19.9 Å². The molecule has 0 bridgehead atoms. The maximum absolute atomic E-state index is 9.94. The number of allylic oxidation sites excluding steroid dienone is 1. The molecule has 1 fully saturated rings. The molecule has 1 saturated carbocycles. The molecule has 3 unspecified atom stereocenters. The molecule has 0 saturated heterocycles. The molecule has 88 valence electrons. The molecule has 1 aliphatic carbocycles. The van der Waals surface area contributed by atoms with E-state index in [1.165, 1.54) is 25.7 Å². The Morgan fingerprint density at radius 1 is 1.40 bits per heavy atom. The predicted molar refractivity (Wildman–Crippen MR) is 65.7 cm³/mol. The van der Waals surface area contributed by atoms with Gasteiger partial charge in [-0.2, -0.15) is 0 Å². The summed E-state index contributed by atoms with van der Waals surface area (Å²) in [5, 5.41) is 9.94. The standard InChI is InChI=1S/C14H26O/c1-4-5-6-7-13-10-12(11(2)3)8-9-14(13)15/h4,11-15H,1,5-10H2,2-3H3. The molecule has 15 heavy (non-hydrogen) atoms. The lowest BCUT2D eigenvalue weighted by Crippen LogP contribution is -2.31. The average molecular weight is 210 g/mol. The number of aliphatic hydroxyl groups is 1. The zero-order valence-corrected chi connectivity index (χ0v) is 10.3. The second-order valence-electron chi connectivity index (χ2n) is 5.36. The van der Waals surface area contributed by atoms with Crippen molar-refractivity contribution in [2.45, 2.75) is 58.5 Å². The summed E-state index contributed by atoms with van der Waals surface area (Å²) in [5.41, 5.74) is 0. The maximum Gasteiger partial charge on any atom is 0.0568 e. The molecule has 1 rings (SSSR count). The smallest absolute Gasteiger partial charge is 0.0568 e. The van der Waals surface area contributed by atoms with E-state index >= 15 is 0 Å². The van der Waals surface area contributed by atoms with Crippen molar-refractivity contribution >= 4 is 0 Å². The lowest BCUT2D eigenvalue weighted by atomic mass is 9.73. The quantitative estimate of drug-likeness (QED) is 0.541. The largest absolute Gasteiger partial charge is 0.393 e. The fourth-order valence-corrected chi connectivity index (χ4v) is 2.72. The van der Waals surface area contributed by atoms with Crippen LogP contribution in [0.4, 0.5) is 0 Å². The second kappa shape index (κ2) is 6.32. The van der Waals surface area contributed by atoms with E-state index in [1.54, 1.807) is 0 Å². The van der Waals surface area contributed by atoms with Crippen molar-refractivity contribution in [3.05, 3.63) is 12.7 Å². The summed E-state index contributed by atoms with van der Waals surface area (Å²) in [5.74, 6) is 2.16. The molecule has 0 heterocycles. The molecule has 0 spiro atoms. The average Bonchev–Trinajstić information content (AvgIpc) is 2.20. The van der Waals surface area contributed by atoms with Crippen molar-refractivity contribution in [1.82, 2.24) is 0 Å². The van der Waals surface area contributed by atoms with Crippen molar-refractivity contribution in [2.24, 2.45) is 17.8 Å². The molecule has 0 aliphatic heterocycles. The van der Waals surface area contributed by atoms with Crippen LogP contribution in [0.3, 0.4) is 0 Å². The van der Waals surface area contributed by atoms with Gasteiger partial charge in [-0.15, -0.1) is 6.58 Å². The Hall–Kier alpha value is -0.300. The van der Waals surface area contributed by atoms with Crippen LogP contribution in [0.2, 0.25) is 0 Å². The van der Waals surface area contributed by atoms with Gasteiger partial charge in [0, 0.05) is 0 Å². The highest BCUT2D eigenvalue weighted by molar-refractivity contribution is 4.81. The number of rotatable bonds is 5. The van der Waals surface area contributed by atoms with Crippen LogP contribution in [0.1, 0.15) is 52.4 Å². The van der Waals surface area contributed by atoms with Crippen LogP contribution in [-0.2, 0) is 0 Å². The minimum absolute atomic E-state index is 0.0372. The van der Waals surface area contributed by atoms with Gasteiger partial charge in [0.1, 0.15) is 0 Å². The third-order valence-corrected chi connectivity index (χ3v) is 3.91. The first-order valence-electron chi connectivity index (χ1n) is 6.44. The molecule has 1 nitrogen and oxygen atoms in total. The van der Waals surface area contributed by atoms with Crippen LogP contribution in [0.5, 0.6) is 0 Å². The zero-order chi connectivity index (χ0) is 11.3. The summed E-state index contributed by atoms with van der Waals surface area (Å²) in [6, 6.07) is 0. The first-order chi connectivity index (χ1) is 7.15. The first-order valence-corrected chi connectivity index (χ1v) is 6.44. The molecule has 1 N–H and O–H groups in total. The van der Waals surface area contributed by atoms with Crippen molar-refractivity contribution in [2.75, 3.05) is 0 Å². The molecule has 0 aromatic carbocycles. The summed E-state index contributed by atoms with van der Waals surface area (Å²) >= 11 is 0. The van der Waals surface area contributed by atoms with Gasteiger partial charge in [0.2, 0.25) is 0 Å². The fourth-order valence-electron chi connectivity index (χ4n) is 2.72. The van der Waals surface area contributed by atoms with E-state index in [0.717, 1.165) is 24.7 Å². The van der Waals surface area contributed by atoms with Gasteiger partial charge in [0.25, 0.3) is 0 Å². The molecule has 0 amide bonds. The molecule has 1 aliphatic rings. The number of aliphatic hydroxyl groups excluding tert-OH is 1. The van der Waals surface area contributed by atoms with Crippen molar-refractivity contribution < 1.29 is 5.11 Å². The van der Waals surface area contributed by atoms with Gasteiger partial charge in [-0.05, 0) is 56.3 Å². The molecule has 0 aromatic heterocycles. The minimum Gasteiger partial charge on any atom is -0.393 e. The summed E-state index contributed by atoms with van der Waals surface area (Å²) in [6.45, 7) is 8.36. The predicted octanol–water partition coefficient (Wildman–Crippen LogP) is 3.78. The van der Waals surface area contributed by atoms with Crippen molar-refractivity contribution in [3.63, 3.8) is 0 Å². The Morgan fingerprint density at radius 2 is 2.13 bits per heavy atom. The Morgan fingerprint density at radius 3 is 2.73 bits per heavy atom. The highest BCUT2D eigenvalue weighted by Crippen LogP contribution is 2.36. The molecule has 0 radical (unpaired) electrons. The number of unbranched alkanes of at least 4 members (excludes halogenated alkanes) is 1. The van der Waals surface area contributed by atoms with Crippen LogP contribution in [0.15, 0.2) is 12.7 Å². The first kappa shape index (κ1) is 12.8. The van der Waals surface area contributed by atoms with Gasteiger partial charge in [0.15, 0.2) is 0 Å².